The van der Waals surface area contributed by atoms with Crippen LogP contribution in [0.2, 0.25) is 0 Å². The van der Waals surface area contributed by atoms with E-state index in [4.69, 9.17) is 4.42 Å². The monoisotopic (exact) mass is 390 g/mol. The van der Waals surface area contributed by atoms with Gasteiger partial charge in [-0.1, -0.05) is 0 Å². The highest BCUT2D eigenvalue weighted by atomic mass is 16.3. The Labute approximate surface area is 161 Å². The van der Waals surface area contributed by atoms with Crippen LogP contribution in [0, 0.1) is 0 Å². The van der Waals surface area contributed by atoms with Gasteiger partial charge in [-0.2, -0.15) is 0 Å². The van der Waals surface area contributed by atoms with Gasteiger partial charge in [-0.15, -0.1) is 0 Å². The first-order valence-electron chi connectivity index (χ1n) is 8.72. The number of phenolic OH excluding ortho intramolecular Hbond substituents is 4. The van der Waals surface area contributed by atoms with Crippen molar-refractivity contribution in [2.75, 3.05) is 0 Å². The predicted octanol–water partition coefficient (Wildman–Crippen LogP) is 3.57. The molecule has 0 amide bonds. The van der Waals surface area contributed by atoms with Gasteiger partial charge in [0.15, 0.2) is 5.43 Å². The molecule has 0 bridgehead atoms. The second-order valence-electron chi connectivity index (χ2n) is 6.92. The molecule has 7 heteroatoms. The Morgan fingerprint density at radius 2 is 1.48 bits per heavy atom. The molecule has 0 aliphatic rings. The number of rotatable bonds is 1. The van der Waals surface area contributed by atoms with E-state index in [1.807, 2.05) is 0 Å². The van der Waals surface area contributed by atoms with Gasteiger partial charge in [0.05, 0.1) is 22.8 Å². The average Bonchev–Trinajstić information content (AvgIpc) is 2.65. The third kappa shape index (κ3) is 2.38. The van der Waals surface area contributed by atoms with Crippen molar-refractivity contribution < 1.29 is 29.9 Å². The molecule has 0 aliphatic carbocycles. The molecule has 0 atom stereocenters. The van der Waals surface area contributed by atoms with E-state index >= 15 is 0 Å². The summed E-state index contributed by atoms with van der Waals surface area (Å²) in [6, 6.07) is 9.62. The van der Waals surface area contributed by atoms with Crippen molar-refractivity contribution in [3.63, 3.8) is 0 Å². The van der Waals surface area contributed by atoms with Gasteiger partial charge >= 0.3 is 0 Å². The summed E-state index contributed by atoms with van der Waals surface area (Å²) in [5.74, 6) is -0.955. The minimum absolute atomic E-state index is 0.116. The molecule has 4 aromatic carbocycles. The van der Waals surface area contributed by atoms with Crippen molar-refractivity contribution in [1.29, 1.82) is 0 Å². The van der Waals surface area contributed by atoms with Crippen LogP contribution in [-0.2, 0) is 6.61 Å². The number of fused-ring (bicyclic) bond motifs is 5. The topological polar surface area (TPSA) is 131 Å². The lowest BCUT2D eigenvalue weighted by Crippen LogP contribution is -1.96. The number of hydrogen-bond donors (Lipinski definition) is 5. The Bertz CT molecular complexity index is 1550. The Balaban J connectivity index is 2.04. The summed E-state index contributed by atoms with van der Waals surface area (Å²) >= 11 is 0. The van der Waals surface area contributed by atoms with Crippen LogP contribution in [0.1, 0.15) is 5.56 Å². The number of phenols is 4. The lowest BCUT2D eigenvalue weighted by molar-refractivity contribution is 0.283. The number of hydrogen-bond acceptors (Lipinski definition) is 7. The molecule has 5 aromatic rings. The summed E-state index contributed by atoms with van der Waals surface area (Å²) in [5.41, 5.74) is 0.506. The fourth-order valence-electron chi connectivity index (χ4n) is 3.88. The highest BCUT2D eigenvalue weighted by molar-refractivity contribution is 6.14. The molecule has 1 heterocycles. The van der Waals surface area contributed by atoms with Gasteiger partial charge in [0.2, 0.25) is 0 Å². The first-order chi connectivity index (χ1) is 13.9. The number of aliphatic hydroxyl groups excluding tert-OH is 1. The summed E-state index contributed by atoms with van der Waals surface area (Å²) in [6.07, 6.45) is 0. The maximum atomic E-state index is 11.7. The highest BCUT2D eigenvalue weighted by Gasteiger charge is 2.18. The summed E-state index contributed by atoms with van der Waals surface area (Å²) in [6.45, 7) is -0.344. The summed E-state index contributed by atoms with van der Waals surface area (Å²) in [4.78, 5) is 11.7. The maximum absolute atomic E-state index is 11.7. The van der Waals surface area contributed by atoms with Crippen LogP contribution in [0.5, 0.6) is 23.0 Å². The zero-order chi connectivity index (χ0) is 20.4. The normalized spacial score (nSPS) is 11.8. The molecule has 0 fully saturated rings. The van der Waals surface area contributed by atoms with Crippen molar-refractivity contribution in [3.05, 3.63) is 58.3 Å². The third-order valence-electron chi connectivity index (χ3n) is 5.12. The largest absolute Gasteiger partial charge is 0.508 e. The molecule has 0 saturated heterocycles. The Kier molecular flexibility index (Phi) is 3.41. The van der Waals surface area contributed by atoms with E-state index in [0.29, 0.717) is 27.1 Å². The SMILES string of the molecule is O=c1cc(O)c2c(O)c3cc4c(CO)cc5cc(O)cc(O)c5c4oc3cc2c1. The van der Waals surface area contributed by atoms with E-state index in [9.17, 15) is 30.3 Å². The van der Waals surface area contributed by atoms with E-state index < -0.39 is 5.43 Å². The van der Waals surface area contributed by atoms with Crippen LogP contribution in [-0.4, -0.2) is 25.5 Å². The molecule has 7 nitrogen and oxygen atoms in total. The van der Waals surface area contributed by atoms with Gasteiger partial charge in [0.25, 0.3) is 0 Å². The molecule has 144 valence electrons. The number of benzene rings is 4. The second-order valence-corrected chi connectivity index (χ2v) is 6.92. The molecular formula is C22H14O7. The summed E-state index contributed by atoms with van der Waals surface area (Å²) in [7, 11) is 0. The van der Waals surface area contributed by atoms with Crippen molar-refractivity contribution in [2.24, 2.45) is 0 Å². The lowest BCUT2D eigenvalue weighted by atomic mass is 9.98. The predicted molar refractivity (Wildman–Crippen MR) is 108 cm³/mol. The zero-order valence-electron chi connectivity index (χ0n) is 14.8. The smallest absolute Gasteiger partial charge is 0.182 e. The molecule has 0 aliphatic heterocycles. The van der Waals surface area contributed by atoms with E-state index in [1.165, 1.54) is 24.3 Å². The van der Waals surface area contributed by atoms with Gasteiger partial charge in [-0.05, 0) is 46.7 Å². The molecule has 29 heavy (non-hydrogen) atoms. The first kappa shape index (κ1) is 17.2. The van der Waals surface area contributed by atoms with Crippen molar-refractivity contribution in [3.8, 4) is 23.0 Å². The minimum atomic E-state index is -0.421. The minimum Gasteiger partial charge on any atom is -0.508 e. The average molecular weight is 390 g/mol. The van der Waals surface area contributed by atoms with Crippen LogP contribution in [0.4, 0.5) is 0 Å². The zero-order valence-corrected chi connectivity index (χ0v) is 14.8. The highest BCUT2D eigenvalue weighted by Crippen LogP contribution is 2.43. The van der Waals surface area contributed by atoms with Gasteiger partial charge in [0.1, 0.15) is 34.2 Å². The van der Waals surface area contributed by atoms with Gasteiger partial charge in [-0.25, -0.2) is 0 Å². The molecule has 1 aromatic heterocycles. The van der Waals surface area contributed by atoms with Crippen LogP contribution < -0.4 is 5.43 Å². The van der Waals surface area contributed by atoms with Gasteiger partial charge in [0, 0.05) is 17.5 Å². The fourth-order valence-corrected chi connectivity index (χ4v) is 3.88. The van der Waals surface area contributed by atoms with Crippen molar-refractivity contribution >= 4 is 43.5 Å². The van der Waals surface area contributed by atoms with Gasteiger partial charge in [-0.3, -0.25) is 4.79 Å². The molecule has 0 radical (unpaired) electrons. The van der Waals surface area contributed by atoms with Crippen molar-refractivity contribution in [2.45, 2.75) is 6.61 Å². The standard InChI is InChI=1S/C22H14O7/c23-8-11-1-9-2-12(24)6-17(27)20(9)22-14(11)7-15-18(29-22)4-10-3-13(25)5-16(26)19(10)21(15)28/h1-7,23-24,26-28H,8H2. The van der Waals surface area contributed by atoms with E-state index in [2.05, 4.69) is 0 Å². The fraction of sp³-hybridized carbons (Fsp3) is 0.0455. The van der Waals surface area contributed by atoms with E-state index in [0.717, 1.165) is 6.07 Å². The molecule has 0 unspecified atom stereocenters. The van der Waals surface area contributed by atoms with Crippen molar-refractivity contribution in [1.82, 2.24) is 0 Å². The molecule has 0 saturated carbocycles. The third-order valence-corrected chi connectivity index (χ3v) is 5.12. The van der Waals surface area contributed by atoms with Crippen LogP contribution >= 0.6 is 0 Å². The molecule has 5 N–H and O–H groups in total. The van der Waals surface area contributed by atoms with Crippen LogP contribution in [0.25, 0.3) is 43.5 Å². The molecule has 0 spiro atoms. The van der Waals surface area contributed by atoms with Crippen LogP contribution in [0.3, 0.4) is 0 Å². The van der Waals surface area contributed by atoms with Crippen LogP contribution in [0.15, 0.2) is 51.7 Å². The lowest BCUT2D eigenvalue weighted by Gasteiger charge is -2.13. The quantitative estimate of drug-likeness (QED) is 0.218. The number of aliphatic hydroxyl groups is 1. The van der Waals surface area contributed by atoms with Gasteiger partial charge < -0.3 is 29.9 Å². The summed E-state index contributed by atoms with van der Waals surface area (Å²) in [5, 5.41) is 52.8. The molecule has 5 rings (SSSR count). The van der Waals surface area contributed by atoms with E-state index in [1.54, 1.807) is 12.1 Å². The Hall–Kier alpha value is -3.97. The maximum Gasteiger partial charge on any atom is 0.182 e. The molecular weight excluding hydrogens is 376 g/mol. The summed E-state index contributed by atoms with van der Waals surface area (Å²) < 4.78 is 5.99. The second kappa shape index (κ2) is 5.76. The number of aromatic hydroxyl groups is 4. The Morgan fingerprint density at radius 1 is 0.759 bits per heavy atom. The van der Waals surface area contributed by atoms with E-state index in [-0.39, 0.29) is 51.5 Å². The first-order valence-corrected chi connectivity index (χ1v) is 8.72. The Morgan fingerprint density at radius 3 is 2.24 bits per heavy atom.